The van der Waals surface area contributed by atoms with Gasteiger partial charge in [-0.2, -0.15) is 0 Å². The molecule has 1 aliphatic heterocycles. The molecule has 4 nitrogen and oxygen atoms in total. The molecule has 0 spiro atoms. The molecule has 1 unspecified atom stereocenters. The van der Waals surface area contributed by atoms with E-state index in [1.165, 1.54) is 5.56 Å². The third-order valence-electron chi connectivity index (χ3n) is 4.45. The van der Waals surface area contributed by atoms with Crippen LogP contribution in [0, 0.1) is 0 Å². The average molecular weight is 344 g/mol. The van der Waals surface area contributed by atoms with Crippen LogP contribution in [0.1, 0.15) is 17.2 Å². The van der Waals surface area contributed by atoms with E-state index in [-0.39, 0.29) is 12.1 Å². The minimum absolute atomic E-state index is 0.0241. The summed E-state index contributed by atoms with van der Waals surface area (Å²) in [7, 11) is 2.11. The van der Waals surface area contributed by atoms with Crippen LogP contribution in [-0.2, 0) is 6.54 Å². The van der Waals surface area contributed by atoms with Crippen molar-refractivity contribution in [3.8, 4) is 0 Å². The number of hydrogen-bond donors (Lipinski definition) is 1. The molecule has 0 saturated carbocycles. The van der Waals surface area contributed by atoms with E-state index >= 15 is 0 Å². The summed E-state index contributed by atoms with van der Waals surface area (Å²) in [5.74, 6) is 0. The highest BCUT2D eigenvalue weighted by atomic mass is 35.5. The number of amides is 2. The lowest BCUT2D eigenvalue weighted by atomic mass is 10.0. The highest BCUT2D eigenvalue weighted by molar-refractivity contribution is 6.30. The second-order valence-corrected chi connectivity index (χ2v) is 6.58. The van der Waals surface area contributed by atoms with Gasteiger partial charge in [0.1, 0.15) is 0 Å². The van der Waals surface area contributed by atoms with E-state index in [1.807, 2.05) is 47.4 Å². The van der Waals surface area contributed by atoms with Gasteiger partial charge < -0.3 is 10.2 Å². The molecule has 1 saturated heterocycles. The largest absolute Gasteiger partial charge is 0.334 e. The van der Waals surface area contributed by atoms with Gasteiger partial charge in [0.05, 0.1) is 6.04 Å². The van der Waals surface area contributed by atoms with E-state index in [1.54, 1.807) is 0 Å². The van der Waals surface area contributed by atoms with E-state index < -0.39 is 0 Å². The van der Waals surface area contributed by atoms with Crippen molar-refractivity contribution < 1.29 is 4.79 Å². The first-order chi connectivity index (χ1) is 11.6. The summed E-state index contributed by atoms with van der Waals surface area (Å²) < 4.78 is 0. The van der Waals surface area contributed by atoms with Gasteiger partial charge in [0.15, 0.2) is 0 Å². The fraction of sp³-hybridized carbons (Fsp3) is 0.316. The van der Waals surface area contributed by atoms with Crippen molar-refractivity contribution >= 4 is 17.6 Å². The SMILES string of the molecule is CN1CCN(C(=O)NCc2cccc(Cl)c2)CC1c1ccccc1. The second-order valence-electron chi connectivity index (χ2n) is 6.14. The molecule has 1 N–H and O–H groups in total. The van der Waals surface area contributed by atoms with Gasteiger partial charge in [-0.15, -0.1) is 0 Å². The summed E-state index contributed by atoms with van der Waals surface area (Å²) in [5.41, 5.74) is 2.25. The van der Waals surface area contributed by atoms with Crippen LogP contribution in [0.5, 0.6) is 0 Å². The van der Waals surface area contributed by atoms with Crippen LogP contribution in [0.2, 0.25) is 5.02 Å². The maximum absolute atomic E-state index is 12.5. The van der Waals surface area contributed by atoms with Crippen molar-refractivity contribution in [2.45, 2.75) is 12.6 Å². The molecule has 5 heteroatoms. The Balaban J connectivity index is 1.61. The molecule has 24 heavy (non-hydrogen) atoms. The number of nitrogens with zero attached hydrogens (tertiary/aromatic N) is 2. The van der Waals surface area contributed by atoms with Gasteiger partial charge in [0.25, 0.3) is 0 Å². The fourth-order valence-electron chi connectivity index (χ4n) is 3.03. The number of carbonyl (C=O) groups is 1. The summed E-state index contributed by atoms with van der Waals surface area (Å²) in [6.07, 6.45) is 0. The molecular weight excluding hydrogens is 322 g/mol. The Kier molecular flexibility index (Phi) is 5.38. The second kappa shape index (κ2) is 7.69. The molecule has 1 atom stereocenters. The first-order valence-corrected chi connectivity index (χ1v) is 8.53. The minimum atomic E-state index is -0.0241. The van der Waals surface area contributed by atoms with Crippen molar-refractivity contribution in [1.29, 1.82) is 0 Å². The van der Waals surface area contributed by atoms with Crippen LogP contribution >= 0.6 is 11.6 Å². The Morgan fingerprint density at radius 1 is 1.17 bits per heavy atom. The van der Waals surface area contributed by atoms with Crippen LogP contribution in [0.4, 0.5) is 4.79 Å². The number of halogens is 1. The molecule has 3 rings (SSSR count). The van der Waals surface area contributed by atoms with Gasteiger partial charge in [-0.05, 0) is 30.3 Å². The predicted octanol–water partition coefficient (Wildman–Crippen LogP) is 3.54. The fourth-order valence-corrected chi connectivity index (χ4v) is 3.24. The van der Waals surface area contributed by atoms with Crippen LogP contribution in [0.15, 0.2) is 54.6 Å². The van der Waals surface area contributed by atoms with E-state index in [0.29, 0.717) is 18.1 Å². The molecule has 2 aromatic carbocycles. The zero-order valence-electron chi connectivity index (χ0n) is 13.8. The predicted molar refractivity (Wildman–Crippen MR) is 97.1 cm³/mol. The summed E-state index contributed by atoms with van der Waals surface area (Å²) in [5, 5.41) is 3.68. The molecule has 126 valence electrons. The summed E-state index contributed by atoms with van der Waals surface area (Å²) in [4.78, 5) is 16.7. The first-order valence-electron chi connectivity index (χ1n) is 8.16. The van der Waals surface area contributed by atoms with Crippen molar-refractivity contribution in [3.05, 3.63) is 70.7 Å². The molecule has 2 aromatic rings. The Bertz CT molecular complexity index is 692. The van der Waals surface area contributed by atoms with Crippen LogP contribution < -0.4 is 5.32 Å². The number of nitrogens with one attached hydrogen (secondary N) is 1. The number of benzene rings is 2. The zero-order chi connectivity index (χ0) is 16.9. The maximum Gasteiger partial charge on any atom is 0.317 e. The van der Waals surface area contributed by atoms with E-state index in [2.05, 4.69) is 29.4 Å². The van der Waals surface area contributed by atoms with E-state index in [9.17, 15) is 4.79 Å². The lowest BCUT2D eigenvalue weighted by Crippen LogP contribution is -2.51. The quantitative estimate of drug-likeness (QED) is 0.925. The summed E-state index contributed by atoms with van der Waals surface area (Å²) in [6.45, 7) is 2.79. The van der Waals surface area contributed by atoms with Gasteiger partial charge in [-0.25, -0.2) is 4.79 Å². The molecule has 0 radical (unpaired) electrons. The van der Waals surface area contributed by atoms with Gasteiger partial charge in [-0.3, -0.25) is 4.90 Å². The Hall–Kier alpha value is -2.04. The first kappa shape index (κ1) is 16.8. The Morgan fingerprint density at radius 3 is 2.71 bits per heavy atom. The van der Waals surface area contributed by atoms with Crippen molar-refractivity contribution in [1.82, 2.24) is 15.1 Å². The molecule has 2 amide bonds. The van der Waals surface area contributed by atoms with Crippen LogP contribution in [0.25, 0.3) is 0 Å². The normalized spacial score (nSPS) is 18.4. The molecule has 1 fully saturated rings. The molecule has 0 bridgehead atoms. The summed E-state index contributed by atoms with van der Waals surface area (Å²) in [6, 6.07) is 18.1. The zero-order valence-corrected chi connectivity index (χ0v) is 14.5. The number of urea groups is 1. The third kappa shape index (κ3) is 4.08. The third-order valence-corrected chi connectivity index (χ3v) is 4.69. The number of rotatable bonds is 3. The maximum atomic E-state index is 12.5. The summed E-state index contributed by atoms with van der Waals surface area (Å²) >= 11 is 5.98. The average Bonchev–Trinajstić information content (AvgIpc) is 2.61. The molecule has 1 heterocycles. The van der Waals surface area contributed by atoms with Gasteiger partial charge in [-0.1, -0.05) is 54.1 Å². The molecule has 0 aliphatic carbocycles. The van der Waals surface area contributed by atoms with Crippen LogP contribution in [-0.4, -0.2) is 42.5 Å². The number of likely N-dealkylation sites (N-methyl/N-ethyl adjacent to an activating group) is 1. The number of carbonyl (C=O) groups excluding carboxylic acids is 1. The Labute approximate surface area is 148 Å². The van der Waals surface area contributed by atoms with Gasteiger partial charge in [0, 0.05) is 31.2 Å². The van der Waals surface area contributed by atoms with Crippen molar-refractivity contribution in [2.24, 2.45) is 0 Å². The van der Waals surface area contributed by atoms with Gasteiger partial charge >= 0.3 is 6.03 Å². The van der Waals surface area contributed by atoms with Gasteiger partial charge in [0.2, 0.25) is 0 Å². The lowest BCUT2D eigenvalue weighted by Gasteiger charge is -2.39. The molecule has 1 aliphatic rings. The van der Waals surface area contributed by atoms with Crippen molar-refractivity contribution in [2.75, 3.05) is 26.7 Å². The highest BCUT2D eigenvalue weighted by Gasteiger charge is 2.28. The smallest absolute Gasteiger partial charge is 0.317 e. The van der Waals surface area contributed by atoms with E-state index in [4.69, 9.17) is 11.6 Å². The minimum Gasteiger partial charge on any atom is -0.334 e. The van der Waals surface area contributed by atoms with E-state index in [0.717, 1.165) is 18.7 Å². The highest BCUT2D eigenvalue weighted by Crippen LogP contribution is 2.23. The standard InChI is InChI=1S/C19H22ClN3O/c1-22-10-11-23(14-18(22)16-7-3-2-4-8-16)19(24)21-13-15-6-5-9-17(20)12-15/h2-9,12,18H,10-11,13-14H2,1H3,(H,21,24). The molecule has 0 aromatic heterocycles. The number of piperazine rings is 1. The molecular formula is C19H22ClN3O. The lowest BCUT2D eigenvalue weighted by molar-refractivity contribution is 0.110. The topological polar surface area (TPSA) is 35.6 Å². The Morgan fingerprint density at radius 2 is 1.96 bits per heavy atom. The number of hydrogen-bond acceptors (Lipinski definition) is 2. The van der Waals surface area contributed by atoms with Crippen molar-refractivity contribution in [3.63, 3.8) is 0 Å². The monoisotopic (exact) mass is 343 g/mol. The van der Waals surface area contributed by atoms with Crippen LogP contribution in [0.3, 0.4) is 0 Å².